The van der Waals surface area contributed by atoms with E-state index in [4.69, 9.17) is 0 Å². The van der Waals surface area contributed by atoms with Crippen molar-refractivity contribution in [2.24, 2.45) is 0 Å². The Kier molecular flexibility index (Phi) is 3.67. The monoisotopic (exact) mass is 244 g/mol. The first-order chi connectivity index (χ1) is 8.89. The molecular formula is C16H24N2. The Morgan fingerprint density at radius 1 is 1.06 bits per heavy atom. The van der Waals surface area contributed by atoms with Crippen LogP contribution in [0, 0.1) is 0 Å². The maximum atomic E-state index is 3.65. The Morgan fingerprint density at radius 3 is 2.78 bits per heavy atom. The first-order valence-electron chi connectivity index (χ1n) is 7.39. The van der Waals surface area contributed by atoms with Gasteiger partial charge in [-0.15, -0.1) is 0 Å². The summed E-state index contributed by atoms with van der Waals surface area (Å²) >= 11 is 0. The van der Waals surface area contributed by atoms with Gasteiger partial charge in [-0.2, -0.15) is 0 Å². The summed E-state index contributed by atoms with van der Waals surface area (Å²) in [5.41, 5.74) is 1.91. The SMILES string of the molecule is c1ccc(CN2CCCC23CCCCNC3)cc1. The van der Waals surface area contributed by atoms with E-state index in [0.29, 0.717) is 5.54 Å². The van der Waals surface area contributed by atoms with Gasteiger partial charge in [-0.05, 0) is 44.3 Å². The maximum absolute atomic E-state index is 3.65. The van der Waals surface area contributed by atoms with Crippen LogP contribution in [0.25, 0.3) is 0 Å². The lowest BCUT2D eigenvalue weighted by Gasteiger charge is -2.38. The van der Waals surface area contributed by atoms with Crippen molar-refractivity contribution in [2.75, 3.05) is 19.6 Å². The average Bonchev–Trinajstić information content (AvgIpc) is 2.63. The van der Waals surface area contributed by atoms with Crippen LogP contribution in [0.5, 0.6) is 0 Å². The predicted molar refractivity (Wildman–Crippen MR) is 75.5 cm³/mol. The Bertz CT molecular complexity index is 366. The molecule has 18 heavy (non-hydrogen) atoms. The van der Waals surface area contributed by atoms with E-state index in [-0.39, 0.29) is 0 Å². The van der Waals surface area contributed by atoms with Crippen LogP contribution in [0.4, 0.5) is 0 Å². The van der Waals surface area contributed by atoms with Gasteiger partial charge in [-0.1, -0.05) is 36.8 Å². The third-order valence-corrected chi connectivity index (χ3v) is 4.66. The van der Waals surface area contributed by atoms with Crippen LogP contribution >= 0.6 is 0 Å². The van der Waals surface area contributed by atoms with Crippen molar-refractivity contribution in [1.82, 2.24) is 10.2 Å². The molecule has 0 saturated carbocycles. The molecule has 98 valence electrons. The van der Waals surface area contributed by atoms with Gasteiger partial charge in [-0.25, -0.2) is 0 Å². The zero-order chi connectivity index (χ0) is 12.3. The molecule has 2 fully saturated rings. The molecule has 0 amide bonds. The minimum Gasteiger partial charge on any atom is -0.315 e. The molecule has 2 aliphatic heterocycles. The molecule has 2 saturated heterocycles. The molecule has 2 heterocycles. The van der Waals surface area contributed by atoms with E-state index in [1.165, 1.54) is 57.3 Å². The fourth-order valence-corrected chi connectivity index (χ4v) is 3.64. The highest BCUT2D eigenvalue weighted by atomic mass is 15.2. The summed E-state index contributed by atoms with van der Waals surface area (Å²) in [6.45, 7) is 4.81. The van der Waals surface area contributed by atoms with Crippen LogP contribution in [0.1, 0.15) is 37.7 Å². The summed E-state index contributed by atoms with van der Waals surface area (Å²) in [6, 6.07) is 10.9. The summed E-state index contributed by atoms with van der Waals surface area (Å²) in [7, 11) is 0. The van der Waals surface area contributed by atoms with Crippen LogP contribution in [-0.4, -0.2) is 30.1 Å². The number of nitrogens with zero attached hydrogens (tertiary/aromatic N) is 1. The standard InChI is InChI=1S/C16H24N2/c1-2-7-15(8-3-1)13-18-12-6-10-16(18)9-4-5-11-17-14-16/h1-3,7-8,17H,4-6,9-14H2. The molecule has 1 N–H and O–H groups in total. The van der Waals surface area contributed by atoms with Crippen LogP contribution in [0.2, 0.25) is 0 Å². The largest absolute Gasteiger partial charge is 0.315 e. The minimum atomic E-state index is 0.451. The second kappa shape index (κ2) is 5.41. The average molecular weight is 244 g/mol. The van der Waals surface area contributed by atoms with Crippen LogP contribution in [0.3, 0.4) is 0 Å². The highest BCUT2D eigenvalue weighted by Gasteiger charge is 2.40. The van der Waals surface area contributed by atoms with Crippen molar-refractivity contribution in [3.8, 4) is 0 Å². The lowest BCUT2D eigenvalue weighted by molar-refractivity contribution is 0.121. The van der Waals surface area contributed by atoms with E-state index in [2.05, 4.69) is 40.5 Å². The van der Waals surface area contributed by atoms with E-state index >= 15 is 0 Å². The fraction of sp³-hybridized carbons (Fsp3) is 0.625. The summed E-state index contributed by atoms with van der Waals surface area (Å²) in [6.07, 6.45) is 6.87. The summed E-state index contributed by atoms with van der Waals surface area (Å²) in [5.74, 6) is 0. The van der Waals surface area contributed by atoms with Crippen molar-refractivity contribution < 1.29 is 0 Å². The van der Waals surface area contributed by atoms with Gasteiger partial charge in [0.25, 0.3) is 0 Å². The van der Waals surface area contributed by atoms with Gasteiger partial charge in [0.2, 0.25) is 0 Å². The molecular weight excluding hydrogens is 220 g/mol. The van der Waals surface area contributed by atoms with E-state index in [0.717, 1.165) is 6.54 Å². The predicted octanol–water partition coefficient (Wildman–Crippen LogP) is 2.79. The first kappa shape index (κ1) is 12.2. The van der Waals surface area contributed by atoms with Crippen LogP contribution < -0.4 is 5.32 Å². The Morgan fingerprint density at radius 2 is 1.89 bits per heavy atom. The number of rotatable bonds is 2. The molecule has 0 bridgehead atoms. The molecule has 0 radical (unpaired) electrons. The van der Waals surface area contributed by atoms with Crippen molar-refractivity contribution in [3.05, 3.63) is 35.9 Å². The van der Waals surface area contributed by atoms with Crippen LogP contribution in [0.15, 0.2) is 30.3 Å². The summed E-state index contributed by atoms with van der Waals surface area (Å²) in [4.78, 5) is 2.74. The number of nitrogens with one attached hydrogen (secondary N) is 1. The molecule has 2 heteroatoms. The number of hydrogen-bond donors (Lipinski definition) is 1. The zero-order valence-electron chi connectivity index (χ0n) is 11.2. The highest BCUT2D eigenvalue weighted by molar-refractivity contribution is 5.15. The molecule has 0 aromatic heterocycles. The molecule has 2 nitrogen and oxygen atoms in total. The second-order valence-corrected chi connectivity index (χ2v) is 5.87. The molecule has 1 aromatic carbocycles. The lowest BCUT2D eigenvalue weighted by atomic mass is 9.90. The quantitative estimate of drug-likeness (QED) is 0.860. The van der Waals surface area contributed by atoms with Crippen LogP contribution in [-0.2, 0) is 6.54 Å². The van der Waals surface area contributed by atoms with Crippen molar-refractivity contribution in [2.45, 2.75) is 44.2 Å². The zero-order valence-corrected chi connectivity index (χ0v) is 11.2. The van der Waals surface area contributed by atoms with Gasteiger partial charge in [0.05, 0.1) is 0 Å². The Labute approximate surface area is 110 Å². The van der Waals surface area contributed by atoms with E-state index in [1.807, 2.05) is 0 Å². The van der Waals surface area contributed by atoms with Crippen molar-refractivity contribution in [3.63, 3.8) is 0 Å². The molecule has 0 aliphatic carbocycles. The van der Waals surface area contributed by atoms with Gasteiger partial charge in [0, 0.05) is 18.6 Å². The van der Waals surface area contributed by atoms with Gasteiger partial charge in [0.15, 0.2) is 0 Å². The van der Waals surface area contributed by atoms with Gasteiger partial charge >= 0.3 is 0 Å². The van der Waals surface area contributed by atoms with Crippen molar-refractivity contribution in [1.29, 1.82) is 0 Å². The lowest BCUT2D eigenvalue weighted by Crippen LogP contribution is -2.49. The highest BCUT2D eigenvalue weighted by Crippen LogP contribution is 2.35. The number of benzene rings is 1. The molecule has 1 atom stereocenters. The van der Waals surface area contributed by atoms with Gasteiger partial charge < -0.3 is 5.32 Å². The summed E-state index contributed by atoms with van der Waals surface area (Å²) < 4.78 is 0. The van der Waals surface area contributed by atoms with Crippen molar-refractivity contribution >= 4 is 0 Å². The normalized spacial score (nSPS) is 29.6. The van der Waals surface area contributed by atoms with E-state index in [1.54, 1.807) is 0 Å². The topological polar surface area (TPSA) is 15.3 Å². The Balaban J connectivity index is 1.74. The number of hydrogen-bond acceptors (Lipinski definition) is 2. The van der Waals surface area contributed by atoms with Gasteiger partial charge in [0.1, 0.15) is 0 Å². The second-order valence-electron chi connectivity index (χ2n) is 5.87. The molecule has 1 spiro atoms. The van der Waals surface area contributed by atoms with Gasteiger partial charge in [-0.3, -0.25) is 4.90 Å². The fourth-order valence-electron chi connectivity index (χ4n) is 3.64. The minimum absolute atomic E-state index is 0.451. The summed E-state index contributed by atoms with van der Waals surface area (Å²) in [5, 5.41) is 3.65. The smallest absolute Gasteiger partial charge is 0.0337 e. The third kappa shape index (κ3) is 2.45. The maximum Gasteiger partial charge on any atom is 0.0337 e. The molecule has 1 unspecified atom stereocenters. The van der Waals surface area contributed by atoms with E-state index < -0.39 is 0 Å². The molecule has 3 rings (SSSR count). The molecule has 2 aliphatic rings. The third-order valence-electron chi connectivity index (χ3n) is 4.66. The van der Waals surface area contributed by atoms with E-state index in [9.17, 15) is 0 Å². The number of likely N-dealkylation sites (tertiary alicyclic amines) is 1. The first-order valence-corrected chi connectivity index (χ1v) is 7.39. The molecule has 1 aromatic rings. The Hall–Kier alpha value is -0.860.